The summed E-state index contributed by atoms with van der Waals surface area (Å²) in [5.41, 5.74) is 0. The monoisotopic (exact) mass is 380 g/mol. The molecule has 0 heterocycles. The lowest BCUT2D eigenvalue weighted by molar-refractivity contribution is -0.153. The molecule has 0 rings (SSSR count). The SMILES string of the molecule is O=C(COP(=O)(O)O)C(=O)[C@H](O)[C@@H](O)C(O)C(O)CBr. The Kier molecular flexibility index (Phi) is 8.18. The largest absolute Gasteiger partial charge is 0.470 e. The Labute approximate surface area is 121 Å². The van der Waals surface area contributed by atoms with Gasteiger partial charge < -0.3 is 30.2 Å². The maximum absolute atomic E-state index is 11.3. The number of carbonyl (C=O) groups excluding carboxylic acids is 2. The van der Waals surface area contributed by atoms with Crippen LogP contribution in [0.25, 0.3) is 0 Å². The molecule has 20 heavy (non-hydrogen) atoms. The second-order valence-corrected chi connectivity index (χ2v) is 5.59. The van der Waals surface area contributed by atoms with Crippen molar-refractivity contribution < 1.29 is 48.9 Å². The van der Waals surface area contributed by atoms with Gasteiger partial charge in [0.1, 0.15) is 24.9 Å². The Morgan fingerprint density at radius 3 is 2.00 bits per heavy atom. The summed E-state index contributed by atoms with van der Waals surface area (Å²) in [5, 5.41) is 37.1. The second-order valence-electron chi connectivity index (χ2n) is 3.70. The Morgan fingerprint density at radius 2 is 1.60 bits per heavy atom. The van der Waals surface area contributed by atoms with Crippen LogP contribution in [-0.2, 0) is 18.7 Å². The van der Waals surface area contributed by atoms with Crippen molar-refractivity contribution in [3.05, 3.63) is 0 Å². The van der Waals surface area contributed by atoms with Gasteiger partial charge in [0.15, 0.2) is 0 Å². The third kappa shape index (κ3) is 6.48. The van der Waals surface area contributed by atoms with E-state index in [1.54, 1.807) is 0 Å². The van der Waals surface area contributed by atoms with Crippen LogP contribution in [0.2, 0.25) is 0 Å². The van der Waals surface area contributed by atoms with Crippen LogP contribution < -0.4 is 0 Å². The minimum Gasteiger partial charge on any atom is -0.389 e. The Morgan fingerprint density at radius 1 is 1.10 bits per heavy atom. The third-order valence-corrected chi connectivity index (χ3v) is 3.26. The Hall–Kier alpha value is -0.230. The number of rotatable bonds is 9. The first-order valence-corrected chi connectivity index (χ1v) is 7.71. The molecule has 0 bridgehead atoms. The van der Waals surface area contributed by atoms with E-state index in [9.17, 15) is 34.6 Å². The predicted molar refractivity (Wildman–Crippen MR) is 65.8 cm³/mol. The number of aliphatic hydroxyl groups is 4. The fraction of sp³-hybridized carbons (Fsp3) is 0.750. The normalized spacial score (nSPS) is 18.1. The first kappa shape index (κ1) is 19.8. The van der Waals surface area contributed by atoms with Crippen molar-refractivity contribution >= 4 is 35.3 Å². The molecule has 0 aliphatic rings. The summed E-state index contributed by atoms with van der Waals surface area (Å²) in [6.07, 6.45) is -7.95. The fourth-order valence-corrected chi connectivity index (χ4v) is 1.71. The van der Waals surface area contributed by atoms with E-state index < -0.39 is 50.4 Å². The highest BCUT2D eigenvalue weighted by atomic mass is 79.9. The van der Waals surface area contributed by atoms with Crippen LogP contribution in [0.4, 0.5) is 0 Å². The zero-order chi connectivity index (χ0) is 16.1. The molecule has 6 N–H and O–H groups in total. The highest BCUT2D eigenvalue weighted by molar-refractivity contribution is 9.09. The van der Waals surface area contributed by atoms with Crippen LogP contribution in [0.5, 0.6) is 0 Å². The highest BCUT2D eigenvalue weighted by Crippen LogP contribution is 2.35. The molecule has 0 saturated carbocycles. The highest BCUT2D eigenvalue weighted by Gasteiger charge is 2.37. The van der Waals surface area contributed by atoms with Crippen LogP contribution >= 0.6 is 23.8 Å². The maximum atomic E-state index is 11.3. The number of ketones is 2. The molecule has 0 aliphatic heterocycles. The summed E-state index contributed by atoms with van der Waals surface area (Å²) in [6, 6.07) is 0. The molecule has 118 valence electrons. The van der Waals surface area contributed by atoms with E-state index in [1.165, 1.54) is 0 Å². The van der Waals surface area contributed by atoms with Gasteiger partial charge in [-0.1, -0.05) is 15.9 Å². The number of hydrogen-bond acceptors (Lipinski definition) is 8. The summed E-state index contributed by atoms with van der Waals surface area (Å²) in [6.45, 7) is -1.30. The van der Waals surface area contributed by atoms with E-state index in [-0.39, 0.29) is 5.33 Å². The van der Waals surface area contributed by atoms with Crippen molar-refractivity contribution in [2.45, 2.75) is 24.4 Å². The van der Waals surface area contributed by atoms with Gasteiger partial charge in [-0.25, -0.2) is 4.57 Å². The Bertz CT molecular complexity index is 395. The van der Waals surface area contributed by atoms with Crippen molar-refractivity contribution in [1.82, 2.24) is 0 Å². The lowest BCUT2D eigenvalue weighted by Crippen LogP contribution is -2.50. The molecular weight excluding hydrogens is 367 g/mol. The summed E-state index contributed by atoms with van der Waals surface area (Å²) in [7, 11) is -4.97. The van der Waals surface area contributed by atoms with Gasteiger partial charge in [-0.2, -0.15) is 0 Å². The zero-order valence-electron chi connectivity index (χ0n) is 9.87. The standard InChI is InChI=1S/C8H14BrO10P/c9-1-3(10)5(12)7(14)8(15)6(13)4(11)2-19-20(16,17)18/h3,5,7-8,10,12,14-15H,1-2H2,(H2,16,17,18)/t3?,5?,7-,8-/m0/s1. The van der Waals surface area contributed by atoms with Gasteiger partial charge >= 0.3 is 7.82 Å². The number of alkyl halides is 1. The maximum Gasteiger partial charge on any atom is 0.470 e. The van der Waals surface area contributed by atoms with Crippen molar-refractivity contribution in [3.8, 4) is 0 Å². The average Bonchev–Trinajstić information content (AvgIpc) is 2.39. The van der Waals surface area contributed by atoms with Crippen LogP contribution in [0.1, 0.15) is 0 Å². The van der Waals surface area contributed by atoms with Gasteiger partial charge in [-0.05, 0) is 0 Å². The first-order chi connectivity index (χ1) is 9.01. The van der Waals surface area contributed by atoms with E-state index in [0.717, 1.165) is 0 Å². The van der Waals surface area contributed by atoms with Gasteiger partial charge in [0.05, 0.1) is 6.10 Å². The van der Waals surface area contributed by atoms with Crippen LogP contribution in [0.15, 0.2) is 0 Å². The van der Waals surface area contributed by atoms with E-state index in [2.05, 4.69) is 20.5 Å². The molecular formula is C8H14BrO10P. The van der Waals surface area contributed by atoms with Gasteiger partial charge in [0, 0.05) is 5.33 Å². The van der Waals surface area contributed by atoms with Crippen molar-refractivity contribution in [2.24, 2.45) is 0 Å². The molecule has 0 aromatic heterocycles. The number of phosphoric acid groups is 1. The smallest absolute Gasteiger partial charge is 0.389 e. The average molecular weight is 381 g/mol. The topological polar surface area (TPSA) is 182 Å². The molecule has 0 saturated heterocycles. The minimum atomic E-state index is -4.97. The predicted octanol–water partition coefficient (Wildman–Crippen LogP) is -2.93. The van der Waals surface area contributed by atoms with Crippen LogP contribution in [0.3, 0.4) is 0 Å². The van der Waals surface area contributed by atoms with Crippen molar-refractivity contribution in [2.75, 3.05) is 11.9 Å². The summed E-state index contributed by atoms with van der Waals surface area (Å²) in [4.78, 5) is 39.1. The lowest BCUT2D eigenvalue weighted by atomic mass is 9.99. The molecule has 12 heteroatoms. The van der Waals surface area contributed by atoms with Crippen molar-refractivity contribution in [1.29, 1.82) is 0 Å². The number of hydrogen-bond donors (Lipinski definition) is 6. The van der Waals surface area contributed by atoms with E-state index >= 15 is 0 Å². The van der Waals surface area contributed by atoms with Crippen molar-refractivity contribution in [3.63, 3.8) is 0 Å². The lowest BCUT2D eigenvalue weighted by Gasteiger charge is -2.24. The third-order valence-electron chi connectivity index (χ3n) is 2.13. The van der Waals surface area contributed by atoms with Crippen LogP contribution in [0, 0.1) is 0 Å². The molecule has 0 spiro atoms. The first-order valence-electron chi connectivity index (χ1n) is 5.06. The van der Waals surface area contributed by atoms with E-state index in [1.807, 2.05) is 0 Å². The molecule has 0 amide bonds. The molecule has 0 aromatic rings. The number of carbonyl (C=O) groups is 2. The fourth-order valence-electron chi connectivity index (χ4n) is 1.04. The zero-order valence-corrected chi connectivity index (χ0v) is 12.3. The molecule has 0 radical (unpaired) electrons. The van der Waals surface area contributed by atoms with Gasteiger partial charge in [-0.3, -0.25) is 14.1 Å². The van der Waals surface area contributed by atoms with E-state index in [0.29, 0.717) is 0 Å². The quantitative estimate of drug-likeness (QED) is 0.137. The second kappa shape index (κ2) is 8.27. The van der Waals surface area contributed by atoms with E-state index in [4.69, 9.17) is 9.79 Å². The summed E-state index contributed by atoms with van der Waals surface area (Å²) >= 11 is 2.78. The number of halogens is 1. The number of aliphatic hydroxyl groups excluding tert-OH is 4. The Balaban J connectivity index is 4.60. The number of Topliss-reactive ketones (excluding diaryl/α,β-unsaturated/α-hetero) is 2. The van der Waals surface area contributed by atoms with Crippen LogP contribution in [-0.4, -0.2) is 78.1 Å². The number of phosphoric ester groups is 1. The molecule has 0 fully saturated rings. The van der Waals surface area contributed by atoms with Gasteiger partial charge in [0.25, 0.3) is 0 Å². The molecule has 10 nitrogen and oxygen atoms in total. The minimum absolute atomic E-state index is 0.165. The molecule has 2 unspecified atom stereocenters. The summed E-state index contributed by atoms with van der Waals surface area (Å²) in [5.74, 6) is -3.13. The van der Waals surface area contributed by atoms with Gasteiger partial charge in [-0.15, -0.1) is 0 Å². The molecule has 0 aromatic carbocycles. The van der Waals surface area contributed by atoms with Gasteiger partial charge in [0.2, 0.25) is 11.6 Å². The summed E-state index contributed by atoms with van der Waals surface area (Å²) < 4.78 is 14.1. The molecule has 4 atom stereocenters. The molecule has 0 aliphatic carbocycles.